The minimum Gasteiger partial charge on any atom is -0.339 e. The van der Waals surface area contributed by atoms with Gasteiger partial charge in [-0.25, -0.2) is 8.42 Å². The molecule has 0 amide bonds. The molecule has 0 N–H and O–H groups in total. The van der Waals surface area contributed by atoms with Crippen molar-refractivity contribution < 1.29 is 12.9 Å². The normalized spacial score (nSPS) is 23.0. The van der Waals surface area contributed by atoms with Gasteiger partial charge in [-0.1, -0.05) is 29.8 Å². The second-order valence-electron chi connectivity index (χ2n) is 6.09. The van der Waals surface area contributed by atoms with E-state index in [1.165, 1.54) is 19.3 Å². The molecule has 6 heteroatoms. The van der Waals surface area contributed by atoms with E-state index in [0.29, 0.717) is 22.1 Å². The Morgan fingerprint density at radius 2 is 2.00 bits per heavy atom. The SMILES string of the molecule is O=S(=O)(Cc1noc([C@H]2CC23CCC3)n1)c1ccccc1. The van der Waals surface area contributed by atoms with E-state index in [1.54, 1.807) is 30.3 Å². The van der Waals surface area contributed by atoms with Crippen molar-refractivity contribution in [2.75, 3.05) is 0 Å². The maximum atomic E-state index is 12.3. The summed E-state index contributed by atoms with van der Waals surface area (Å²) in [5.74, 6) is 1.02. The molecule has 0 radical (unpaired) electrons. The van der Waals surface area contributed by atoms with Crippen molar-refractivity contribution in [2.24, 2.45) is 5.41 Å². The summed E-state index contributed by atoms with van der Waals surface area (Å²) in [6.07, 6.45) is 4.86. The average Bonchev–Trinajstić information content (AvgIpc) is 3.07. The van der Waals surface area contributed by atoms with E-state index in [1.807, 2.05) is 0 Å². The lowest BCUT2D eigenvalue weighted by atomic mass is 9.80. The summed E-state index contributed by atoms with van der Waals surface area (Å²) >= 11 is 0. The Hall–Kier alpha value is -1.69. The molecule has 0 unspecified atom stereocenters. The topological polar surface area (TPSA) is 73.1 Å². The molecular weight excluding hydrogens is 288 g/mol. The summed E-state index contributed by atoms with van der Waals surface area (Å²) in [6, 6.07) is 8.37. The lowest BCUT2D eigenvalue weighted by Gasteiger charge is -2.25. The van der Waals surface area contributed by atoms with E-state index in [2.05, 4.69) is 10.1 Å². The van der Waals surface area contributed by atoms with Gasteiger partial charge in [0.15, 0.2) is 15.7 Å². The smallest absolute Gasteiger partial charge is 0.230 e. The van der Waals surface area contributed by atoms with E-state index in [-0.39, 0.29) is 11.6 Å². The van der Waals surface area contributed by atoms with Crippen LogP contribution in [0, 0.1) is 5.41 Å². The zero-order valence-corrected chi connectivity index (χ0v) is 12.3. The first-order valence-electron chi connectivity index (χ1n) is 7.19. The highest BCUT2D eigenvalue weighted by atomic mass is 32.2. The van der Waals surface area contributed by atoms with Gasteiger partial charge in [0.1, 0.15) is 5.75 Å². The Kier molecular flexibility index (Phi) is 2.73. The summed E-state index contributed by atoms with van der Waals surface area (Å²) in [5, 5.41) is 3.85. The largest absolute Gasteiger partial charge is 0.339 e. The molecule has 1 spiro atoms. The summed E-state index contributed by atoms with van der Waals surface area (Å²) < 4.78 is 29.8. The fourth-order valence-electron chi connectivity index (χ4n) is 3.23. The Morgan fingerprint density at radius 1 is 1.24 bits per heavy atom. The maximum absolute atomic E-state index is 12.3. The molecule has 2 fully saturated rings. The third-order valence-electron chi connectivity index (χ3n) is 4.74. The predicted molar refractivity (Wildman–Crippen MR) is 75.3 cm³/mol. The van der Waals surface area contributed by atoms with Crippen LogP contribution < -0.4 is 0 Å². The standard InChI is InChI=1S/C15H16N2O3S/c18-21(19,11-5-2-1-3-6-11)10-13-16-14(20-17-13)12-9-15(12)7-4-8-15/h1-3,5-6,12H,4,7-10H2/t12-/m1/s1. The minimum absolute atomic E-state index is 0.208. The first kappa shape index (κ1) is 13.0. The fraction of sp³-hybridized carbons (Fsp3) is 0.467. The summed E-state index contributed by atoms with van der Waals surface area (Å²) in [5.41, 5.74) is 0.405. The average molecular weight is 304 g/mol. The van der Waals surface area contributed by atoms with Crippen LogP contribution >= 0.6 is 0 Å². The number of sulfone groups is 1. The van der Waals surface area contributed by atoms with Gasteiger partial charge in [-0.3, -0.25) is 0 Å². The van der Waals surface area contributed by atoms with E-state index in [0.717, 1.165) is 6.42 Å². The van der Waals surface area contributed by atoms with Crippen molar-refractivity contribution >= 4 is 9.84 Å². The van der Waals surface area contributed by atoms with Crippen molar-refractivity contribution in [3.8, 4) is 0 Å². The second-order valence-corrected chi connectivity index (χ2v) is 8.08. The molecule has 2 aliphatic carbocycles. The molecular formula is C15H16N2O3S. The predicted octanol–water partition coefficient (Wildman–Crippen LogP) is 2.70. The number of aromatic nitrogens is 2. The van der Waals surface area contributed by atoms with Gasteiger partial charge < -0.3 is 4.52 Å². The molecule has 2 aromatic rings. The molecule has 4 rings (SSSR count). The van der Waals surface area contributed by atoms with Crippen LogP contribution in [0.4, 0.5) is 0 Å². The second kappa shape index (κ2) is 4.40. The highest BCUT2D eigenvalue weighted by Gasteiger charge is 2.60. The van der Waals surface area contributed by atoms with Crippen molar-refractivity contribution in [1.82, 2.24) is 10.1 Å². The molecule has 2 aliphatic rings. The number of hydrogen-bond acceptors (Lipinski definition) is 5. The molecule has 0 aliphatic heterocycles. The molecule has 2 saturated carbocycles. The van der Waals surface area contributed by atoms with Crippen LogP contribution in [-0.2, 0) is 15.6 Å². The van der Waals surface area contributed by atoms with Crippen LogP contribution in [0.15, 0.2) is 39.8 Å². The van der Waals surface area contributed by atoms with Gasteiger partial charge in [0.25, 0.3) is 0 Å². The monoisotopic (exact) mass is 304 g/mol. The Labute approximate surface area is 123 Å². The van der Waals surface area contributed by atoms with Crippen LogP contribution in [0.2, 0.25) is 0 Å². The third kappa shape index (κ3) is 2.18. The van der Waals surface area contributed by atoms with Gasteiger partial charge in [-0.2, -0.15) is 4.98 Å². The Balaban J connectivity index is 1.52. The van der Waals surface area contributed by atoms with E-state index >= 15 is 0 Å². The summed E-state index contributed by atoms with van der Waals surface area (Å²) in [7, 11) is -3.41. The van der Waals surface area contributed by atoms with E-state index in [4.69, 9.17) is 4.52 Å². The number of benzene rings is 1. The first-order chi connectivity index (χ1) is 10.1. The lowest BCUT2D eigenvalue weighted by molar-refractivity contribution is 0.258. The van der Waals surface area contributed by atoms with Crippen LogP contribution in [0.3, 0.4) is 0 Å². The molecule has 5 nitrogen and oxygen atoms in total. The summed E-state index contributed by atoms with van der Waals surface area (Å²) in [4.78, 5) is 4.59. The highest BCUT2D eigenvalue weighted by Crippen LogP contribution is 2.69. The molecule has 1 aromatic carbocycles. The molecule has 1 aromatic heterocycles. The van der Waals surface area contributed by atoms with Gasteiger partial charge in [-0.05, 0) is 36.8 Å². The Morgan fingerprint density at radius 3 is 2.62 bits per heavy atom. The van der Waals surface area contributed by atoms with Crippen LogP contribution in [-0.4, -0.2) is 18.6 Å². The summed E-state index contributed by atoms with van der Waals surface area (Å²) in [6.45, 7) is 0. The maximum Gasteiger partial charge on any atom is 0.230 e. The van der Waals surface area contributed by atoms with Gasteiger partial charge in [0.2, 0.25) is 5.89 Å². The molecule has 1 heterocycles. The molecule has 0 bridgehead atoms. The van der Waals surface area contributed by atoms with E-state index in [9.17, 15) is 8.42 Å². The van der Waals surface area contributed by atoms with Crippen molar-refractivity contribution in [3.63, 3.8) is 0 Å². The number of hydrogen-bond donors (Lipinski definition) is 0. The zero-order chi connectivity index (χ0) is 14.5. The van der Waals surface area contributed by atoms with Gasteiger partial charge in [0, 0.05) is 5.92 Å². The van der Waals surface area contributed by atoms with Crippen LogP contribution in [0.25, 0.3) is 0 Å². The van der Waals surface area contributed by atoms with Crippen molar-refractivity contribution in [2.45, 2.75) is 42.2 Å². The van der Waals surface area contributed by atoms with E-state index < -0.39 is 9.84 Å². The number of nitrogens with zero attached hydrogens (tertiary/aromatic N) is 2. The van der Waals surface area contributed by atoms with Gasteiger partial charge in [0.05, 0.1) is 4.90 Å². The fourth-order valence-corrected chi connectivity index (χ4v) is 4.42. The van der Waals surface area contributed by atoms with Crippen LogP contribution in [0.1, 0.15) is 43.3 Å². The third-order valence-corrected chi connectivity index (χ3v) is 6.37. The highest BCUT2D eigenvalue weighted by molar-refractivity contribution is 7.90. The molecule has 21 heavy (non-hydrogen) atoms. The van der Waals surface area contributed by atoms with Gasteiger partial charge >= 0.3 is 0 Å². The number of rotatable bonds is 4. The van der Waals surface area contributed by atoms with Crippen molar-refractivity contribution in [3.05, 3.63) is 42.0 Å². The molecule has 0 saturated heterocycles. The quantitative estimate of drug-likeness (QED) is 0.868. The minimum atomic E-state index is -3.41. The first-order valence-corrected chi connectivity index (χ1v) is 8.85. The van der Waals surface area contributed by atoms with Crippen molar-refractivity contribution in [1.29, 1.82) is 0 Å². The van der Waals surface area contributed by atoms with Crippen LogP contribution in [0.5, 0.6) is 0 Å². The lowest BCUT2D eigenvalue weighted by Crippen LogP contribution is -2.14. The Bertz CT molecular complexity index is 763. The molecule has 110 valence electrons. The molecule has 1 atom stereocenters. The zero-order valence-electron chi connectivity index (χ0n) is 11.5. The van der Waals surface area contributed by atoms with Gasteiger partial charge in [-0.15, -0.1) is 0 Å².